The van der Waals surface area contributed by atoms with Crippen LogP contribution in [0.3, 0.4) is 0 Å². The number of amides is 1. The second-order valence-corrected chi connectivity index (χ2v) is 6.58. The third-order valence-corrected chi connectivity index (χ3v) is 4.52. The fourth-order valence-electron chi connectivity index (χ4n) is 3.28. The molecule has 0 atom stereocenters. The van der Waals surface area contributed by atoms with Crippen molar-refractivity contribution in [2.45, 2.75) is 58.4 Å². The van der Waals surface area contributed by atoms with Crippen molar-refractivity contribution in [2.24, 2.45) is 0 Å². The Labute approximate surface area is 142 Å². The Balaban J connectivity index is 1.51. The average molecular weight is 330 g/mol. The van der Waals surface area contributed by atoms with E-state index in [0.717, 1.165) is 17.9 Å². The molecule has 1 fully saturated rings. The molecule has 0 unspecified atom stereocenters. The molecule has 2 heterocycles. The van der Waals surface area contributed by atoms with E-state index in [1.54, 1.807) is 4.52 Å². The molecular weight excluding hydrogens is 304 g/mol. The number of nitrogens with zero attached hydrogens (tertiary/aromatic N) is 4. The highest BCUT2D eigenvalue weighted by molar-refractivity contribution is 5.90. The van der Waals surface area contributed by atoms with Crippen LogP contribution in [0, 0.1) is 13.8 Å². The monoisotopic (exact) mass is 330 g/mol. The average Bonchev–Trinajstić information content (AvgIpc) is 2.81. The topological polar surface area (TPSA) is 84.2 Å². The van der Waals surface area contributed by atoms with Crippen LogP contribution in [0.15, 0.2) is 6.07 Å². The summed E-state index contributed by atoms with van der Waals surface area (Å²) in [5.41, 5.74) is 1.78. The zero-order valence-corrected chi connectivity index (χ0v) is 14.5. The SMILES string of the molecule is Cc1cc(C)n2nc(C(=O)NCCNC3CCCCCC3)nc2n1. The Morgan fingerprint density at radius 3 is 2.67 bits per heavy atom. The highest BCUT2D eigenvalue weighted by Crippen LogP contribution is 2.16. The fraction of sp³-hybridized carbons (Fsp3) is 0.647. The van der Waals surface area contributed by atoms with Crippen molar-refractivity contribution in [3.8, 4) is 0 Å². The third kappa shape index (κ3) is 4.08. The van der Waals surface area contributed by atoms with Crippen molar-refractivity contribution < 1.29 is 4.79 Å². The van der Waals surface area contributed by atoms with Crippen molar-refractivity contribution in [1.29, 1.82) is 0 Å². The van der Waals surface area contributed by atoms with E-state index < -0.39 is 0 Å². The Bertz CT molecular complexity index is 702. The summed E-state index contributed by atoms with van der Waals surface area (Å²) >= 11 is 0. The van der Waals surface area contributed by atoms with E-state index in [1.165, 1.54) is 38.5 Å². The van der Waals surface area contributed by atoms with Crippen molar-refractivity contribution in [3.63, 3.8) is 0 Å². The molecule has 2 aromatic rings. The minimum absolute atomic E-state index is 0.172. The van der Waals surface area contributed by atoms with E-state index >= 15 is 0 Å². The Kier molecular flexibility index (Phi) is 5.40. The predicted molar refractivity (Wildman–Crippen MR) is 92.1 cm³/mol. The van der Waals surface area contributed by atoms with E-state index in [9.17, 15) is 4.79 Å². The van der Waals surface area contributed by atoms with E-state index in [4.69, 9.17) is 0 Å². The van der Waals surface area contributed by atoms with Crippen LogP contribution >= 0.6 is 0 Å². The van der Waals surface area contributed by atoms with Crippen molar-refractivity contribution in [2.75, 3.05) is 13.1 Å². The van der Waals surface area contributed by atoms with Gasteiger partial charge in [0.15, 0.2) is 0 Å². The first-order valence-corrected chi connectivity index (χ1v) is 8.86. The van der Waals surface area contributed by atoms with Gasteiger partial charge in [0.2, 0.25) is 5.82 Å². The number of aryl methyl sites for hydroxylation is 2. The third-order valence-electron chi connectivity index (χ3n) is 4.52. The van der Waals surface area contributed by atoms with Gasteiger partial charge in [0, 0.05) is 30.5 Å². The van der Waals surface area contributed by atoms with Gasteiger partial charge in [0.05, 0.1) is 0 Å². The minimum Gasteiger partial charge on any atom is -0.348 e. The molecule has 0 aliphatic heterocycles. The maximum absolute atomic E-state index is 12.2. The standard InChI is InChI=1S/C17H26N6O/c1-12-11-13(2)23-17(20-12)21-15(22-23)16(24)19-10-9-18-14-7-5-3-4-6-8-14/h11,14,18H,3-10H2,1-2H3,(H,19,24). The molecule has 7 heteroatoms. The molecule has 3 rings (SSSR count). The number of hydrogen-bond acceptors (Lipinski definition) is 5. The first-order valence-electron chi connectivity index (χ1n) is 8.86. The van der Waals surface area contributed by atoms with Gasteiger partial charge in [-0.15, -0.1) is 5.10 Å². The van der Waals surface area contributed by atoms with Gasteiger partial charge >= 0.3 is 0 Å². The number of nitrogens with one attached hydrogen (secondary N) is 2. The quantitative estimate of drug-likeness (QED) is 0.645. The normalized spacial score (nSPS) is 16.2. The number of fused-ring (bicyclic) bond motifs is 1. The molecule has 2 aromatic heterocycles. The molecule has 0 radical (unpaired) electrons. The Morgan fingerprint density at radius 2 is 1.92 bits per heavy atom. The molecular formula is C17H26N6O. The Morgan fingerprint density at radius 1 is 1.17 bits per heavy atom. The molecule has 1 aliphatic rings. The van der Waals surface area contributed by atoms with E-state index in [1.807, 2.05) is 19.9 Å². The van der Waals surface area contributed by atoms with Gasteiger partial charge in [0.1, 0.15) is 0 Å². The van der Waals surface area contributed by atoms with Crippen LogP contribution in [0.25, 0.3) is 5.78 Å². The fourth-order valence-corrected chi connectivity index (χ4v) is 3.28. The lowest BCUT2D eigenvalue weighted by Crippen LogP contribution is -2.37. The summed E-state index contributed by atoms with van der Waals surface area (Å²) in [6.07, 6.45) is 7.79. The van der Waals surface area contributed by atoms with Gasteiger partial charge in [-0.2, -0.15) is 4.98 Å². The maximum Gasteiger partial charge on any atom is 0.291 e. The molecule has 1 saturated carbocycles. The van der Waals surface area contributed by atoms with Crippen LogP contribution in [0.1, 0.15) is 60.5 Å². The van der Waals surface area contributed by atoms with Gasteiger partial charge in [-0.25, -0.2) is 9.50 Å². The summed E-state index contributed by atoms with van der Waals surface area (Å²) < 4.78 is 1.60. The number of hydrogen-bond donors (Lipinski definition) is 2. The van der Waals surface area contributed by atoms with Crippen LogP contribution in [0.5, 0.6) is 0 Å². The summed E-state index contributed by atoms with van der Waals surface area (Å²) in [7, 11) is 0. The molecule has 24 heavy (non-hydrogen) atoms. The molecule has 0 bridgehead atoms. The van der Waals surface area contributed by atoms with Crippen molar-refractivity contribution in [3.05, 3.63) is 23.3 Å². The zero-order valence-electron chi connectivity index (χ0n) is 14.5. The summed E-state index contributed by atoms with van der Waals surface area (Å²) in [6, 6.07) is 2.51. The highest BCUT2D eigenvalue weighted by atomic mass is 16.2. The van der Waals surface area contributed by atoms with Gasteiger partial charge in [-0.1, -0.05) is 25.7 Å². The highest BCUT2D eigenvalue weighted by Gasteiger charge is 2.15. The largest absolute Gasteiger partial charge is 0.348 e. The molecule has 0 aromatic carbocycles. The van der Waals surface area contributed by atoms with Crippen LogP contribution in [-0.2, 0) is 0 Å². The molecule has 7 nitrogen and oxygen atoms in total. The lowest BCUT2D eigenvalue weighted by atomic mass is 10.1. The molecule has 0 spiro atoms. The van der Waals surface area contributed by atoms with E-state index in [2.05, 4.69) is 25.7 Å². The molecule has 130 valence electrons. The molecule has 1 aliphatic carbocycles. The Hall–Kier alpha value is -2.02. The predicted octanol–water partition coefficient (Wildman–Crippen LogP) is 1.78. The number of carbonyl (C=O) groups is 1. The smallest absolute Gasteiger partial charge is 0.291 e. The van der Waals surface area contributed by atoms with E-state index in [-0.39, 0.29) is 11.7 Å². The van der Waals surface area contributed by atoms with Gasteiger partial charge in [-0.05, 0) is 32.8 Å². The number of carbonyl (C=O) groups excluding carboxylic acids is 1. The summed E-state index contributed by atoms with van der Waals surface area (Å²) in [5, 5.41) is 10.7. The van der Waals surface area contributed by atoms with Crippen LogP contribution in [-0.4, -0.2) is 44.6 Å². The first-order chi connectivity index (χ1) is 11.6. The molecule has 2 N–H and O–H groups in total. The van der Waals surface area contributed by atoms with Gasteiger partial charge in [-0.3, -0.25) is 4.79 Å². The second kappa shape index (κ2) is 7.70. The minimum atomic E-state index is -0.250. The van der Waals surface area contributed by atoms with Crippen LogP contribution in [0.4, 0.5) is 0 Å². The second-order valence-electron chi connectivity index (χ2n) is 6.58. The van der Waals surface area contributed by atoms with Crippen molar-refractivity contribution >= 4 is 11.7 Å². The first kappa shape index (κ1) is 16.8. The zero-order chi connectivity index (χ0) is 16.9. The number of aromatic nitrogens is 4. The lowest BCUT2D eigenvalue weighted by Gasteiger charge is -2.15. The van der Waals surface area contributed by atoms with Crippen LogP contribution in [0.2, 0.25) is 0 Å². The maximum atomic E-state index is 12.2. The summed E-state index contributed by atoms with van der Waals surface area (Å²) in [4.78, 5) is 20.7. The van der Waals surface area contributed by atoms with Gasteiger partial charge < -0.3 is 10.6 Å². The molecule has 0 saturated heterocycles. The lowest BCUT2D eigenvalue weighted by molar-refractivity contribution is 0.0943. The van der Waals surface area contributed by atoms with E-state index in [0.29, 0.717) is 18.4 Å². The van der Waals surface area contributed by atoms with Gasteiger partial charge in [0.25, 0.3) is 11.7 Å². The summed E-state index contributed by atoms with van der Waals surface area (Å²) in [5.74, 6) is 0.389. The summed E-state index contributed by atoms with van der Waals surface area (Å²) in [6.45, 7) is 5.19. The molecule has 1 amide bonds. The van der Waals surface area contributed by atoms with Crippen molar-refractivity contribution in [1.82, 2.24) is 30.2 Å². The van der Waals surface area contributed by atoms with Crippen LogP contribution < -0.4 is 10.6 Å². The number of rotatable bonds is 5.